The van der Waals surface area contributed by atoms with Crippen LogP contribution in [0.5, 0.6) is 5.75 Å². The molecule has 25 heavy (non-hydrogen) atoms. The van der Waals surface area contributed by atoms with E-state index in [1.165, 1.54) is 23.9 Å². The van der Waals surface area contributed by atoms with Gasteiger partial charge in [-0.25, -0.2) is 4.39 Å². The summed E-state index contributed by atoms with van der Waals surface area (Å²) >= 11 is 1.32. The first-order chi connectivity index (χ1) is 12.1. The van der Waals surface area contributed by atoms with Crippen LogP contribution in [-0.2, 0) is 11.2 Å². The molecular weight excluding hydrogens is 341 g/mol. The molecular formula is C18H16FN3O2S. The molecule has 7 heteroatoms. The van der Waals surface area contributed by atoms with Crippen molar-refractivity contribution in [3.05, 3.63) is 65.5 Å². The Morgan fingerprint density at radius 1 is 1.20 bits per heavy atom. The minimum atomic E-state index is -0.291. The third-order valence-corrected chi connectivity index (χ3v) is 4.65. The standard InChI is InChI=1S/C18H16FN3O2S/c1-24-15-8-4-13(5-9-15)11-20-22-18-21-17(23)16(25-18)10-12-2-6-14(19)7-3-12/h2-9,11,16H,10H2,1H3,(H,21,22,23)/b20-11-/t16-/m1/s1. The predicted molar refractivity (Wildman–Crippen MR) is 97.6 cm³/mol. The number of amides is 1. The van der Waals surface area contributed by atoms with Crippen LogP contribution in [0.2, 0.25) is 0 Å². The van der Waals surface area contributed by atoms with Crippen LogP contribution in [0.1, 0.15) is 11.1 Å². The average molecular weight is 357 g/mol. The van der Waals surface area contributed by atoms with Gasteiger partial charge < -0.3 is 10.1 Å². The molecule has 2 aromatic rings. The summed E-state index contributed by atoms with van der Waals surface area (Å²) in [6, 6.07) is 13.5. The van der Waals surface area contributed by atoms with E-state index in [1.54, 1.807) is 25.5 Å². The molecule has 1 aliphatic heterocycles. The van der Waals surface area contributed by atoms with Crippen molar-refractivity contribution >= 4 is 29.1 Å². The molecule has 0 radical (unpaired) electrons. The lowest BCUT2D eigenvalue weighted by atomic mass is 10.1. The van der Waals surface area contributed by atoms with Crippen molar-refractivity contribution in [1.29, 1.82) is 0 Å². The Morgan fingerprint density at radius 2 is 1.92 bits per heavy atom. The number of rotatable bonds is 5. The van der Waals surface area contributed by atoms with Gasteiger partial charge in [0.25, 0.3) is 0 Å². The van der Waals surface area contributed by atoms with E-state index < -0.39 is 0 Å². The van der Waals surface area contributed by atoms with Crippen molar-refractivity contribution in [3.8, 4) is 5.75 Å². The van der Waals surface area contributed by atoms with E-state index in [4.69, 9.17) is 4.74 Å². The van der Waals surface area contributed by atoms with Crippen LogP contribution < -0.4 is 10.1 Å². The summed E-state index contributed by atoms with van der Waals surface area (Å²) in [5.74, 6) is 0.362. The molecule has 0 unspecified atom stereocenters. The Labute approximate surface area is 149 Å². The molecule has 5 nitrogen and oxygen atoms in total. The molecule has 1 aliphatic rings. The zero-order valence-electron chi connectivity index (χ0n) is 13.5. The number of hydrogen-bond acceptors (Lipinski definition) is 5. The minimum Gasteiger partial charge on any atom is -0.497 e. The van der Waals surface area contributed by atoms with Gasteiger partial charge in [0.2, 0.25) is 5.91 Å². The Kier molecular flexibility index (Phi) is 5.45. The normalized spacial score (nSPS) is 18.7. The first-order valence-electron chi connectivity index (χ1n) is 7.61. The smallest absolute Gasteiger partial charge is 0.239 e. The average Bonchev–Trinajstić information content (AvgIpc) is 2.97. The van der Waals surface area contributed by atoms with Gasteiger partial charge >= 0.3 is 0 Å². The summed E-state index contributed by atoms with van der Waals surface area (Å²) in [5.41, 5.74) is 1.78. The van der Waals surface area contributed by atoms with Gasteiger partial charge in [-0.15, -0.1) is 5.10 Å². The molecule has 128 valence electrons. The first-order valence-corrected chi connectivity index (χ1v) is 8.49. The molecule has 3 rings (SSSR count). The van der Waals surface area contributed by atoms with Gasteiger partial charge in [-0.05, 0) is 53.9 Å². The summed E-state index contributed by atoms with van der Waals surface area (Å²) in [7, 11) is 1.61. The monoisotopic (exact) mass is 357 g/mol. The lowest BCUT2D eigenvalue weighted by Gasteiger charge is -2.04. The molecule has 0 aromatic heterocycles. The number of ether oxygens (including phenoxy) is 1. The van der Waals surface area contributed by atoms with Gasteiger partial charge in [0.15, 0.2) is 5.17 Å². The van der Waals surface area contributed by atoms with E-state index in [-0.39, 0.29) is 17.0 Å². The third kappa shape index (κ3) is 4.67. The molecule has 1 atom stereocenters. The number of methoxy groups -OCH3 is 1. The van der Waals surface area contributed by atoms with Crippen molar-refractivity contribution in [1.82, 2.24) is 5.32 Å². The Bertz CT molecular complexity index is 804. The molecule has 0 bridgehead atoms. The van der Waals surface area contributed by atoms with E-state index in [1.807, 2.05) is 24.3 Å². The fourth-order valence-corrected chi connectivity index (χ4v) is 3.22. The van der Waals surface area contributed by atoms with E-state index >= 15 is 0 Å². The highest BCUT2D eigenvalue weighted by atomic mass is 32.2. The van der Waals surface area contributed by atoms with Gasteiger partial charge in [-0.1, -0.05) is 23.9 Å². The van der Waals surface area contributed by atoms with Gasteiger partial charge in [0.05, 0.1) is 18.6 Å². The number of carbonyl (C=O) groups excluding carboxylic acids is 1. The lowest BCUT2D eigenvalue weighted by Crippen LogP contribution is -2.25. The second-order valence-corrected chi connectivity index (χ2v) is 6.54. The quantitative estimate of drug-likeness (QED) is 0.661. The summed E-state index contributed by atoms with van der Waals surface area (Å²) < 4.78 is 18.0. The number of nitrogens with zero attached hydrogens (tertiary/aromatic N) is 2. The Balaban J connectivity index is 1.60. The molecule has 0 spiro atoms. The van der Waals surface area contributed by atoms with Crippen molar-refractivity contribution < 1.29 is 13.9 Å². The molecule has 1 N–H and O–H groups in total. The first kappa shape index (κ1) is 17.2. The summed E-state index contributed by atoms with van der Waals surface area (Å²) in [5, 5.41) is 10.9. The van der Waals surface area contributed by atoms with Crippen LogP contribution >= 0.6 is 11.8 Å². The zero-order chi connectivity index (χ0) is 17.6. The number of thioether (sulfide) groups is 1. The fraction of sp³-hybridized carbons (Fsp3) is 0.167. The lowest BCUT2D eigenvalue weighted by molar-refractivity contribution is -0.118. The van der Waals surface area contributed by atoms with Crippen LogP contribution in [0, 0.1) is 5.82 Å². The van der Waals surface area contributed by atoms with Crippen LogP contribution in [-0.4, -0.2) is 29.6 Å². The highest BCUT2D eigenvalue weighted by Crippen LogP contribution is 2.23. The summed E-state index contributed by atoms with van der Waals surface area (Å²) in [6.07, 6.45) is 2.12. The van der Waals surface area contributed by atoms with Gasteiger partial charge in [0.1, 0.15) is 11.6 Å². The van der Waals surface area contributed by atoms with Crippen molar-refractivity contribution in [2.45, 2.75) is 11.7 Å². The van der Waals surface area contributed by atoms with Crippen LogP contribution in [0.3, 0.4) is 0 Å². The second-order valence-electron chi connectivity index (χ2n) is 5.35. The highest BCUT2D eigenvalue weighted by molar-refractivity contribution is 8.15. The van der Waals surface area contributed by atoms with Crippen LogP contribution in [0.15, 0.2) is 58.7 Å². The number of halogens is 1. The number of hydrogen-bond donors (Lipinski definition) is 1. The van der Waals surface area contributed by atoms with Gasteiger partial charge in [-0.3, -0.25) is 4.79 Å². The SMILES string of the molecule is COc1ccc(/C=N\N=C2/NC(=O)[C@@H](Cc3ccc(F)cc3)S2)cc1. The van der Waals surface area contributed by atoms with E-state index in [0.29, 0.717) is 11.6 Å². The molecule has 1 saturated heterocycles. The van der Waals surface area contributed by atoms with Gasteiger partial charge in [0, 0.05) is 0 Å². The van der Waals surface area contributed by atoms with Crippen molar-refractivity contribution in [3.63, 3.8) is 0 Å². The van der Waals surface area contributed by atoms with Crippen molar-refractivity contribution in [2.75, 3.05) is 7.11 Å². The maximum Gasteiger partial charge on any atom is 0.239 e. The third-order valence-electron chi connectivity index (χ3n) is 3.58. The zero-order valence-corrected chi connectivity index (χ0v) is 14.3. The molecule has 0 aliphatic carbocycles. The van der Waals surface area contributed by atoms with Crippen LogP contribution in [0.25, 0.3) is 0 Å². The minimum absolute atomic E-state index is 0.118. The number of amidine groups is 1. The molecule has 1 amide bonds. The van der Waals surface area contributed by atoms with Crippen molar-refractivity contribution in [2.24, 2.45) is 10.2 Å². The number of benzene rings is 2. The topological polar surface area (TPSA) is 63.1 Å². The summed E-state index contributed by atoms with van der Waals surface area (Å²) in [6.45, 7) is 0. The fourth-order valence-electron chi connectivity index (χ4n) is 2.26. The predicted octanol–water partition coefficient (Wildman–Crippen LogP) is 3.00. The summed E-state index contributed by atoms with van der Waals surface area (Å²) in [4.78, 5) is 12.0. The van der Waals surface area contributed by atoms with E-state index in [9.17, 15) is 9.18 Å². The molecule has 2 aromatic carbocycles. The molecule has 1 fully saturated rings. The van der Waals surface area contributed by atoms with Crippen LogP contribution in [0.4, 0.5) is 4.39 Å². The largest absolute Gasteiger partial charge is 0.497 e. The Hall–Kier alpha value is -2.67. The maximum atomic E-state index is 12.9. The maximum absolute atomic E-state index is 12.9. The van der Waals surface area contributed by atoms with E-state index in [2.05, 4.69) is 15.5 Å². The van der Waals surface area contributed by atoms with Gasteiger partial charge in [-0.2, -0.15) is 5.10 Å². The second kappa shape index (κ2) is 7.94. The highest BCUT2D eigenvalue weighted by Gasteiger charge is 2.30. The molecule has 1 heterocycles. The van der Waals surface area contributed by atoms with E-state index in [0.717, 1.165) is 16.9 Å². The number of nitrogens with one attached hydrogen (secondary N) is 1. The Morgan fingerprint density at radius 3 is 2.60 bits per heavy atom. The molecule has 0 saturated carbocycles. The number of carbonyl (C=O) groups is 1.